The van der Waals surface area contributed by atoms with Gasteiger partial charge in [-0.1, -0.05) is 25.3 Å². The van der Waals surface area contributed by atoms with Crippen LogP contribution in [0.2, 0.25) is 0 Å². The maximum Gasteiger partial charge on any atom is 0.319 e. The van der Waals surface area contributed by atoms with Crippen molar-refractivity contribution in [1.29, 1.82) is 0 Å². The van der Waals surface area contributed by atoms with Crippen LogP contribution in [0.15, 0.2) is 30.5 Å². The molecular formula is C28H27F2N5O2. The molecule has 2 aromatic heterocycles. The lowest BCUT2D eigenvalue weighted by Crippen LogP contribution is -2.46. The number of aromatic hydroxyl groups is 1. The number of aromatic nitrogens is 3. The molecular weight excluding hydrogens is 476 g/mol. The summed E-state index contributed by atoms with van der Waals surface area (Å²) in [6.45, 7) is 3.46. The molecule has 1 atom stereocenters. The highest BCUT2D eigenvalue weighted by Gasteiger charge is 2.39. The van der Waals surface area contributed by atoms with Crippen LogP contribution in [0, 0.1) is 24.0 Å². The van der Waals surface area contributed by atoms with Gasteiger partial charge in [-0.05, 0) is 56.4 Å². The van der Waals surface area contributed by atoms with Crippen molar-refractivity contribution in [3.63, 3.8) is 0 Å². The van der Waals surface area contributed by atoms with Gasteiger partial charge in [-0.3, -0.25) is 9.88 Å². The number of pyridine rings is 1. The lowest BCUT2D eigenvalue weighted by atomic mass is 9.92. The molecule has 2 aromatic carbocycles. The van der Waals surface area contributed by atoms with Crippen LogP contribution in [-0.4, -0.2) is 50.7 Å². The number of likely N-dealkylation sites (tertiary alicyclic amines) is 1. The minimum atomic E-state index is -0.808. The number of fused-ring (bicyclic) bond motifs is 2. The van der Waals surface area contributed by atoms with E-state index in [9.17, 15) is 9.50 Å². The van der Waals surface area contributed by atoms with Gasteiger partial charge in [0, 0.05) is 17.1 Å². The van der Waals surface area contributed by atoms with Crippen LogP contribution in [-0.2, 0) is 0 Å². The Morgan fingerprint density at radius 1 is 1.27 bits per heavy atom. The largest absolute Gasteiger partial charge is 0.508 e. The Balaban J connectivity index is 1.63. The van der Waals surface area contributed by atoms with Gasteiger partial charge in [0.05, 0.1) is 16.5 Å². The van der Waals surface area contributed by atoms with E-state index in [1.165, 1.54) is 30.5 Å². The number of rotatable bonds is 6. The highest BCUT2D eigenvalue weighted by molar-refractivity contribution is 6.02. The SMILES string of the molecule is C#Cc1c(F)ccc2cc(O)cc(-c3ncc4c(N)nc(OCC5(CCC)CCCN5C)nc4c3F)c12. The summed E-state index contributed by atoms with van der Waals surface area (Å²) in [5.74, 6) is 0.762. The van der Waals surface area contributed by atoms with E-state index in [0.717, 1.165) is 32.2 Å². The van der Waals surface area contributed by atoms with Crippen molar-refractivity contribution in [2.75, 3.05) is 25.9 Å². The van der Waals surface area contributed by atoms with Gasteiger partial charge in [0.2, 0.25) is 0 Å². The number of benzene rings is 2. The quantitative estimate of drug-likeness (QED) is 0.356. The highest BCUT2D eigenvalue weighted by atomic mass is 19.1. The van der Waals surface area contributed by atoms with Gasteiger partial charge >= 0.3 is 6.01 Å². The minimum absolute atomic E-state index is 0.0263. The molecule has 0 aliphatic carbocycles. The van der Waals surface area contributed by atoms with Crippen LogP contribution >= 0.6 is 0 Å². The van der Waals surface area contributed by atoms with Crippen molar-refractivity contribution < 1.29 is 18.6 Å². The van der Waals surface area contributed by atoms with Gasteiger partial charge in [-0.25, -0.2) is 8.78 Å². The number of hydrogen-bond donors (Lipinski definition) is 2. The van der Waals surface area contributed by atoms with E-state index in [1.807, 2.05) is 0 Å². The number of likely N-dealkylation sites (N-methyl/N-ethyl adjacent to an activating group) is 1. The Bertz CT molecular complexity index is 1570. The number of hydrogen-bond acceptors (Lipinski definition) is 7. The van der Waals surface area contributed by atoms with Crippen molar-refractivity contribution >= 4 is 27.5 Å². The smallest absolute Gasteiger partial charge is 0.319 e. The molecule has 5 rings (SSSR count). The Hall–Kier alpha value is -4.03. The molecule has 0 saturated carbocycles. The molecule has 37 heavy (non-hydrogen) atoms. The second kappa shape index (κ2) is 9.45. The fourth-order valence-electron chi connectivity index (χ4n) is 5.37. The summed E-state index contributed by atoms with van der Waals surface area (Å²) in [6, 6.07) is 5.36. The summed E-state index contributed by atoms with van der Waals surface area (Å²) in [6.07, 6.45) is 10.9. The third kappa shape index (κ3) is 4.17. The van der Waals surface area contributed by atoms with Crippen LogP contribution < -0.4 is 10.5 Å². The summed E-state index contributed by atoms with van der Waals surface area (Å²) in [5.41, 5.74) is 5.83. The van der Waals surface area contributed by atoms with Gasteiger partial charge in [-0.15, -0.1) is 6.42 Å². The molecule has 0 bridgehead atoms. The van der Waals surface area contributed by atoms with Crippen LogP contribution in [0.25, 0.3) is 32.9 Å². The zero-order chi connectivity index (χ0) is 26.3. The number of nitrogens with zero attached hydrogens (tertiary/aromatic N) is 4. The number of anilines is 1. The Labute approximate surface area is 213 Å². The predicted octanol–water partition coefficient (Wildman–Crippen LogP) is 5.04. The third-order valence-electron chi connectivity index (χ3n) is 7.28. The summed E-state index contributed by atoms with van der Waals surface area (Å²) >= 11 is 0. The normalized spacial score (nSPS) is 17.9. The molecule has 190 valence electrons. The predicted molar refractivity (Wildman–Crippen MR) is 139 cm³/mol. The number of halogens is 2. The van der Waals surface area contributed by atoms with Gasteiger partial charge < -0.3 is 15.6 Å². The second-order valence-corrected chi connectivity index (χ2v) is 9.52. The fourth-order valence-corrected chi connectivity index (χ4v) is 5.37. The monoisotopic (exact) mass is 503 g/mol. The fraction of sp³-hybridized carbons (Fsp3) is 0.321. The molecule has 0 radical (unpaired) electrons. The van der Waals surface area contributed by atoms with Crippen LogP contribution in [0.4, 0.5) is 14.6 Å². The van der Waals surface area contributed by atoms with Crippen molar-refractivity contribution in [3.8, 4) is 35.4 Å². The zero-order valence-electron chi connectivity index (χ0n) is 20.7. The number of nitrogen functional groups attached to an aromatic ring is 1. The van der Waals surface area contributed by atoms with Gasteiger partial charge in [0.25, 0.3) is 0 Å². The maximum absolute atomic E-state index is 16.0. The van der Waals surface area contributed by atoms with E-state index in [0.29, 0.717) is 12.0 Å². The molecule has 1 aliphatic rings. The molecule has 3 heterocycles. The third-order valence-corrected chi connectivity index (χ3v) is 7.28. The van der Waals surface area contributed by atoms with Crippen molar-refractivity contribution in [1.82, 2.24) is 19.9 Å². The molecule has 1 unspecified atom stereocenters. The van der Waals surface area contributed by atoms with Gasteiger partial charge in [-0.2, -0.15) is 9.97 Å². The second-order valence-electron chi connectivity index (χ2n) is 9.52. The van der Waals surface area contributed by atoms with E-state index < -0.39 is 11.6 Å². The Kier molecular flexibility index (Phi) is 6.30. The van der Waals surface area contributed by atoms with Crippen LogP contribution in [0.3, 0.4) is 0 Å². The molecule has 3 N–H and O–H groups in total. The number of phenols is 1. The number of phenolic OH excluding ortho intramolecular Hbond substituents is 1. The standard InChI is InChI=1S/C28H27F2N5O2/c1-4-9-28(10-6-11-35(28)3)15-37-27-33-25-20(26(31)34-27)14-32-24(23(25)30)19-13-17(36)12-16-7-8-21(29)18(5-2)22(16)19/h2,7-8,12-14,36H,4,6,9-11,15H2,1,3H3,(H2,31,33,34). The van der Waals surface area contributed by atoms with Crippen molar-refractivity contribution in [3.05, 3.63) is 47.7 Å². The van der Waals surface area contributed by atoms with Gasteiger partial charge in [0.15, 0.2) is 5.82 Å². The first-order valence-electron chi connectivity index (χ1n) is 12.2. The van der Waals surface area contributed by atoms with Crippen molar-refractivity contribution in [2.45, 2.75) is 38.1 Å². The highest BCUT2D eigenvalue weighted by Crippen LogP contribution is 2.38. The average molecular weight is 504 g/mol. The number of ether oxygens (including phenoxy) is 1. The average Bonchev–Trinajstić information content (AvgIpc) is 3.23. The lowest BCUT2D eigenvalue weighted by molar-refractivity contribution is 0.0829. The molecule has 4 aromatic rings. The lowest BCUT2D eigenvalue weighted by Gasteiger charge is -2.35. The first-order valence-corrected chi connectivity index (χ1v) is 12.2. The Morgan fingerprint density at radius 2 is 2.08 bits per heavy atom. The van der Waals surface area contributed by atoms with E-state index >= 15 is 4.39 Å². The minimum Gasteiger partial charge on any atom is -0.508 e. The van der Waals surface area contributed by atoms with E-state index in [4.69, 9.17) is 16.9 Å². The summed E-state index contributed by atoms with van der Waals surface area (Å²) in [7, 11) is 2.08. The first kappa shape index (κ1) is 24.7. The molecule has 7 nitrogen and oxygen atoms in total. The van der Waals surface area contributed by atoms with E-state index in [-0.39, 0.29) is 56.2 Å². The molecule has 0 amide bonds. The summed E-state index contributed by atoms with van der Waals surface area (Å²) < 4.78 is 36.5. The molecule has 1 saturated heterocycles. The van der Waals surface area contributed by atoms with Gasteiger partial charge in [0.1, 0.15) is 35.2 Å². The molecule has 1 aliphatic heterocycles. The number of nitrogens with two attached hydrogens (primary N) is 1. The molecule has 1 fully saturated rings. The summed E-state index contributed by atoms with van der Waals surface area (Å²) in [5, 5.41) is 11.2. The molecule has 0 spiro atoms. The zero-order valence-corrected chi connectivity index (χ0v) is 20.7. The molecule has 9 heteroatoms. The topological polar surface area (TPSA) is 97.4 Å². The van der Waals surface area contributed by atoms with E-state index in [1.54, 1.807) is 0 Å². The van der Waals surface area contributed by atoms with Crippen LogP contribution in [0.5, 0.6) is 11.8 Å². The maximum atomic E-state index is 16.0. The first-order chi connectivity index (χ1) is 17.8. The Morgan fingerprint density at radius 3 is 2.78 bits per heavy atom. The van der Waals surface area contributed by atoms with Crippen LogP contribution in [0.1, 0.15) is 38.2 Å². The van der Waals surface area contributed by atoms with E-state index in [2.05, 4.69) is 39.7 Å². The van der Waals surface area contributed by atoms with Crippen molar-refractivity contribution in [2.24, 2.45) is 0 Å². The summed E-state index contributed by atoms with van der Waals surface area (Å²) in [4.78, 5) is 15.1. The number of terminal acetylenes is 1.